The quantitative estimate of drug-likeness (QED) is 0.819. The summed E-state index contributed by atoms with van der Waals surface area (Å²) in [5.74, 6) is -1.14. The Morgan fingerprint density at radius 3 is 2.62 bits per heavy atom. The van der Waals surface area contributed by atoms with Crippen molar-refractivity contribution in [3.63, 3.8) is 0 Å². The van der Waals surface area contributed by atoms with E-state index in [0.717, 1.165) is 10.6 Å². The van der Waals surface area contributed by atoms with Gasteiger partial charge in [-0.1, -0.05) is 41.7 Å². The van der Waals surface area contributed by atoms with E-state index in [-0.39, 0.29) is 18.7 Å². The fourth-order valence-corrected chi connectivity index (χ4v) is 2.52. The van der Waals surface area contributed by atoms with E-state index >= 15 is 0 Å². The van der Waals surface area contributed by atoms with Crippen LogP contribution in [0.4, 0.5) is 5.13 Å². The predicted molar refractivity (Wildman–Crippen MR) is 79.3 cm³/mol. The number of amides is 1. The van der Waals surface area contributed by atoms with E-state index in [9.17, 15) is 9.59 Å². The van der Waals surface area contributed by atoms with Gasteiger partial charge in [0.05, 0.1) is 0 Å². The molecule has 2 aromatic rings. The third kappa shape index (κ3) is 5.31. The van der Waals surface area contributed by atoms with Crippen molar-refractivity contribution in [1.82, 2.24) is 10.2 Å². The van der Waals surface area contributed by atoms with E-state index in [1.54, 1.807) is 0 Å². The van der Waals surface area contributed by atoms with Crippen LogP contribution in [0.5, 0.6) is 0 Å². The number of benzene rings is 1. The Labute approximate surface area is 125 Å². The average molecular weight is 305 g/mol. The van der Waals surface area contributed by atoms with E-state index < -0.39 is 5.97 Å². The number of nitrogens with zero attached hydrogens (tertiary/aromatic N) is 2. The van der Waals surface area contributed by atoms with Gasteiger partial charge in [0.2, 0.25) is 11.0 Å². The van der Waals surface area contributed by atoms with Gasteiger partial charge in [0.25, 0.3) is 0 Å². The molecule has 0 fully saturated rings. The Morgan fingerprint density at radius 2 is 1.90 bits per heavy atom. The molecule has 1 amide bonds. The highest BCUT2D eigenvalue weighted by Crippen LogP contribution is 2.18. The first-order valence-corrected chi connectivity index (χ1v) is 7.33. The van der Waals surface area contributed by atoms with Gasteiger partial charge >= 0.3 is 5.97 Å². The minimum atomic E-state index is -0.899. The highest BCUT2D eigenvalue weighted by atomic mass is 32.1. The van der Waals surface area contributed by atoms with Crippen LogP contribution in [0.15, 0.2) is 30.3 Å². The van der Waals surface area contributed by atoms with Gasteiger partial charge in [0.1, 0.15) is 5.01 Å². The summed E-state index contributed by atoms with van der Waals surface area (Å²) in [6, 6.07) is 9.88. The maximum absolute atomic E-state index is 11.6. The molecule has 21 heavy (non-hydrogen) atoms. The maximum atomic E-state index is 11.6. The van der Waals surface area contributed by atoms with Gasteiger partial charge in [-0.2, -0.15) is 0 Å². The van der Waals surface area contributed by atoms with Crippen LogP contribution in [-0.4, -0.2) is 27.2 Å². The van der Waals surface area contributed by atoms with Gasteiger partial charge in [0, 0.05) is 19.3 Å². The highest BCUT2D eigenvalue weighted by Gasteiger charge is 2.09. The second kappa shape index (κ2) is 7.49. The molecule has 0 unspecified atom stereocenters. The number of nitrogens with one attached hydrogen (secondary N) is 1. The molecule has 1 heterocycles. The number of carboxylic acid groups (broad SMARTS) is 1. The monoisotopic (exact) mass is 305 g/mol. The van der Waals surface area contributed by atoms with Gasteiger partial charge < -0.3 is 10.4 Å². The third-order valence-electron chi connectivity index (χ3n) is 2.71. The fourth-order valence-electron chi connectivity index (χ4n) is 1.73. The number of hydrogen-bond donors (Lipinski definition) is 2. The Hall–Kier alpha value is -2.28. The first kappa shape index (κ1) is 15.1. The zero-order valence-corrected chi connectivity index (χ0v) is 12.1. The zero-order chi connectivity index (χ0) is 15.1. The number of anilines is 1. The van der Waals surface area contributed by atoms with Crippen molar-refractivity contribution in [2.75, 3.05) is 5.32 Å². The molecule has 1 aromatic carbocycles. The zero-order valence-electron chi connectivity index (χ0n) is 11.3. The third-order valence-corrected chi connectivity index (χ3v) is 3.54. The first-order chi connectivity index (χ1) is 10.1. The molecule has 110 valence electrons. The van der Waals surface area contributed by atoms with Crippen LogP contribution in [0.25, 0.3) is 0 Å². The summed E-state index contributed by atoms with van der Waals surface area (Å²) in [6.07, 6.45) is 1.15. The van der Waals surface area contributed by atoms with E-state index in [4.69, 9.17) is 5.11 Å². The molecule has 0 atom stereocenters. The van der Waals surface area contributed by atoms with E-state index in [0.29, 0.717) is 18.0 Å². The van der Waals surface area contributed by atoms with Crippen molar-refractivity contribution in [2.24, 2.45) is 0 Å². The molecule has 0 saturated heterocycles. The topological polar surface area (TPSA) is 92.2 Å². The summed E-state index contributed by atoms with van der Waals surface area (Å²) in [4.78, 5) is 22.0. The van der Waals surface area contributed by atoms with Crippen molar-refractivity contribution >= 4 is 28.3 Å². The Bertz CT molecular complexity index is 613. The number of hydrogen-bond acceptors (Lipinski definition) is 5. The molecule has 7 heteroatoms. The molecule has 0 aliphatic carbocycles. The number of aromatic nitrogens is 2. The van der Waals surface area contributed by atoms with Gasteiger partial charge in [-0.05, 0) is 12.0 Å². The van der Waals surface area contributed by atoms with Crippen LogP contribution >= 0.6 is 11.3 Å². The van der Waals surface area contributed by atoms with Gasteiger partial charge in [-0.3, -0.25) is 9.59 Å². The largest absolute Gasteiger partial charge is 0.481 e. The van der Waals surface area contributed by atoms with Crippen molar-refractivity contribution in [2.45, 2.75) is 25.7 Å². The molecular formula is C14H15N3O3S. The fraction of sp³-hybridized carbons (Fsp3) is 0.286. The predicted octanol–water partition coefficient (Wildman–Crippen LogP) is 2.32. The summed E-state index contributed by atoms with van der Waals surface area (Å²) in [5, 5.41) is 20.4. The first-order valence-electron chi connectivity index (χ1n) is 6.51. The van der Waals surface area contributed by atoms with Crippen LogP contribution in [0, 0.1) is 0 Å². The summed E-state index contributed by atoms with van der Waals surface area (Å²) in [5.41, 5.74) is 1.13. The molecule has 0 aliphatic rings. The lowest BCUT2D eigenvalue weighted by Gasteiger charge is -1.99. The Kier molecular flexibility index (Phi) is 5.39. The van der Waals surface area contributed by atoms with E-state index in [1.165, 1.54) is 11.3 Å². The average Bonchev–Trinajstić information content (AvgIpc) is 2.86. The van der Waals surface area contributed by atoms with Gasteiger partial charge in [-0.25, -0.2) is 0 Å². The standard InChI is InChI=1S/C14H15N3O3S/c18-11(7-4-8-13(19)20)15-14-17-16-12(21-14)9-10-5-2-1-3-6-10/h1-3,5-6H,4,7-9H2,(H,19,20)(H,15,17,18). The molecule has 0 aliphatic heterocycles. The lowest BCUT2D eigenvalue weighted by Crippen LogP contribution is -2.11. The molecular weight excluding hydrogens is 290 g/mol. The number of carbonyl (C=O) groups excluding carboxylic acids is 1. The Morgan fingerprint density at radius 1 is 1.14 bits per heavy atom. The van der Waals surface area contributed by atoms with Crippen LogP contribution in [0.2, 0.25) is 0 Å². The minimum Gasteiger partial charge on any atom is -0.481 e. The van der Waals surface area contributed by atoms with Crippen molar-refractivity contribution in [3.05, 3.63) is 40.9 Å². The summed E-state index contributed by atoms with van der Waals surface area (Å²) < 4.78 is 0. The molecule has 6 nitrogen and oxygen atoms in total. The second-order valence-electron chi connectivity index (χ2n) is 4.46. The van der Waals surface area contributed by atoms with Crippen LogP contribution in [-0.2, 0) is 16.0 Å². The Balaban J connectivity index is 1.82. The molecule has 0 radical (unpaired) electrons. The smallest absolute Gasteiger partial charge is 0.303 e. The van der Waals surface area contributed by atoms with E-state index in [2.05, 4.69) is 15.5 Å². The molecule has 2 rings (SSSR count). The van der Waals surface area contributed by atoms with Crippen molar-refractivity contribution < 1.29 is 14.7 Å². The number of rotatable bonds is 7. The number of carbonyl (C=O) groups is 2. The molecule has 1 aromatic heterocycles. The van der Waals surface area contributed by atoms with E-state index in [1.807, 2.05) is 30.3 Å². The summed E-state index contributed by atoms with van der Waals surface area (Å²) >= 11 is 1.33. The molecule has 0 spiro atoms. The van der Waals surface area contributed by atoms with Crippen molar-refractivity contribution in [3.8, 4) is 0 Å². The summed E-state index contributed by atoms with van der Waals surface area (Å²) in [7, 11) is 0. The maximum Gasteiger partial charge on any atom is 0.303 e. The van der Waals surface area contributed by atoms with Crippen molar-refractivity contribution in [1.29, 1.82) is 0 Å². The summed E-state index contributed by atoms with van der Waals surface area (Å²) in [6.45, 7) is 0. The second-order valence-corrected chi connectivity index (χ2v) is 5.52. The van der Waals surface area contributed by atoms with Gasteiger partial charge in [-0.15, -0.1) is 10.2 Å². The SMILES string of the molecule is O=C(O)CCCC(=O)Nc1nnc(Cc2ccccc2)s1. The van der Waals surface area contributed by atoms with Crippen LogP contribution in [0.3, 0.4) is 0 Å². The molecule has 0 saturated carbocycles. The number of aliphatic carboxylic acids is 1. The molecule has 2 N–H and O–H groups in total. The lowest BCUT2D eigenvalue weighted by molar-refractivity contribution is -0.137. The minimum absolute atomic E-state index is 0.0111. The normalized spacial score (nSPS) is 10.3. The van der Waals surface area contributed by atoms with Crippen LogP contribution < -0.4 is 5.32 Å². The van der Waals surface area contributed by atoms with Gasteiger partial charge in [0.15, 0.2) is 0 Å². The number of carboxylic acids is 1. The van der Waals surface area contributed by atoms with Crippen LogP contribution in [0.1, 0.15) is 29.8 Å². The lowest BCUT2D eigenvalue weighted by atomic mass is 10.2. The molecule has 0 bridgehead atoms. The highest BCUT2D eigenvalue weighted by molar-refractivity contribution is 7.15.